The predicted octanol–water partition coefficient (Wildman–Crippen LogP) is 3.03. The van der Waals surface area contributed by atoms with Gasteiger partial charge in [-0.2, -0.15) is 0 Å². The third-order valence-corrected chi connectivity index (χ3v) is 5.24. The maximum atomic E-state index is 13.4. The molecule has 1 aliphatic heterocycles. The summed E-state index contributed by atoms with van der Waals surface area (Å²) in [5, 5.41) is 11.8. The predicted molar refractivity (Wildman–Crippen MR) is 103 cm³/mol. The second-order valence-electron chi connectivity index (χ2n) is 6.88. The Labute approximate surface area is 164 Å². The van der Waals surface area contributed by atoms with Crippen LogP contribution in [0.2, 0.25) is 5.02 Å². The van der Waals surface area contributed by atoms with Gasteiger partial charge in [0.05, 0.1) is 11.9 Å². The molecule has 2 N–H and O–H groups in total. The van der Waals surface area contributed by atoms with Crippen molar-refractivity contribution in [2.45, 2.75) is 24.9 Å². The average molecular weight is 402 g/mol. The molecule has 0 bridgehead atoms. The summed E-state index contributed by atoms with van der Waals surface area (Å²) in [7, 11) is 0. The summed E-state index contributed by atoms with van der Waals surface area (Å²) < 4.78 is 13.4. The van der Waals surface area contributed by atoms with Gasteiger partial charge in [-0.3, -0.25) is 9.59 Å². The minimum atomic E-state index is -2.08. The summed E-state index contributed by atoms with van der Waals surface area (Å²) in [5.74, 6) is -1.74. The van der Waals surface area contributed by atoms with E-state index in [2.05, 4.69) is 9.97 Å². The molecule has 4 rings (SSSR count). The van der Waals surface area contributed by atoms with Gasteiger partial charge in [-0.1, -0.05) is 11.6 Å². The van der Waals surface area contributed by atoms with Gasteiger partial charge < -0.3 is 15.0 Å². The van der Waals surface area contributed by atoms with Crippen molar-refractivity contribution >= 4 is 40.0 Å². The molecule has 3 aromatic rings. The number of halogens is 2. The van der Waals surface area contributed by atoms with Crippen LogP contribution >= 0.6 is 11.6 Å². The van der Waals surface area contributed by atoms with Gasteiger partial charge in [-0.25, -0.2) is 9.37 Å². The van der Waals surface area contributed by atoms with Gasteiger partial charge in [0.15, 0.2) is 5.78 Å². The number of aryl methyl sites for hydroxylation is 1. The van der Waals surface area contributed by atoms with Crippen LogP contribution in [0.3, 0.4) is 0 Å². The Morgan fingerprint density at radius 1 is 1.36 bits per heavy atom. The van der Waals surface area contributed by atoms with E-state index in [9.17, 15) is 19.1 Å². The average Bonchev–Trinajstić information content (AvgIpc) is 3.24. The number of hydrogen-bond acceptors (Lipinski definition) is 4. The Hall–Kier alpha value is -2.77. The number of rotatable bonds is 5. The van der Waals surface area contributed by atoms with Crippen molar-refractivity contribution in [2.75, 3.05) is 11.4 Å². The highest BCUT2D eigenvalue weighted by atomic mass is 35.5. The zero-order valence-corrected chi connectivity index (χ0v) is 15.5. The van der Waals surface area contributed by atoms with E-state index in [0.717, 1.165) is 5.39 Å². The number of carbonyl (C=O) groups is 2. The Morgan fingerprint density at radius 2 is 2.18 bits per heavy atom. The minimum Gasteiger partial charge on any atom is -0.373 e. The number of ketones is 1. The number of benzene rings is 1. The van der Waals surface area contributed by atoms with Gasteiger partial charge >= 0.3 is 0 Å². The number of carbonyl (C=O) groups excluding carboxylic acids is 2. The first-order valence-electron chi connectivity index (χ1n) is 8.82. The van der Waals surface area contributed by atoms with Crippen molar-refractivity contribution in [2.24, 2.45) is 0 Å². The lowest BCUT2D eigenvalue weighted by atomic mass is 9.92. The van der Waals surface area contributed by atoms with Crippen LogP contribution in [0, 0.1) is 5.82 Å². The minimum absolute atomic E-state index is 0.000250. The Morgan fingerprint density at radius 3 is 2.96 bits per heavy atom. The van der Waals surface area contributed by atoms with E-state index < -0.39 is 23.1 Å². The number of nitrogens with one attached hydrogen (secondary N) is 1. The van der Waals surface area contributed by atoms with Crippen LogP contribution in [0.5, 0.6) is 0 Å². The molecule has 6 nitrogen and oxygen atoms in total. The maximum absolute atomic E-state index is 13.4. The van der Waals surface area contributed by atoms with Crippen molar-refractivity contribution in [1.82, 2.24) is 9.97 Å². The molecule has 2 aromatic heterocycles. The molecule has 3 heterocycles. The monoisotopic (exact) mass is 401 g/mol. The molecule has 0 unspecified atom stereocenters. The van der Waals surface area contributed by atoms with Gasteiger partial charge in [0.1, 0.15) is 11.5 Å². The second kappa shape index (κ2) is 7.00. The quantitative estimate of drug-likeness (QED) is 0.643. The van der Waals surface area contributed by atoms with Crippen molar-refractivity contribution < 1.29 is 19.1 Å². The molecule has 1 fully saturated rings. The molecule has 1 aromatic carbocycles. The Bertz CT molecular complexity index is 1060. The van der Waals surface area contributed by atoms with Crippen molar-refractivity contribution in [3.63, 3.8) is 0 Å². The number of hydrogen-bond donors (Lipinski definition) is 2. The van der Waals surface area contributed by atoms with Crippen molar-refractivity contribution in [3.05, 3.63) is 59.1 Å². The van der Waals surface area contributed by atoms with E-state index >= 15 is 0 Å². The van der Waals surface area contributed by atoms with Crippen LogP contribution in [-0.2, 0) is 16.0 Å². The highest BCUT2D eigenvalue weighted by Crippen LogP contribution is 2.31. The van der Waals surface area contributed by atoms with E-state index in [1.807, 2.05) is 6.07 Å². The van der Waals surface area contributed by atoms with Gasteiger partial charge in [0, 0.05) is 36.0 Å². The molecule has 1 saturated heterocycles. The number of nitrogens with zero attached hydrogens (tertiary/aromatic N) is 2. The molecule has 0 radical (unpaired) electrons. The van der Waals surface area contributed by atoms with E-state index in [0.29, 0.717) is 16.9 Å². The molecule has 1 amide bonds. The first-order chi connectivity index (χ1) is 13.4. The fraction of sp³-hybridized carbons (Fsp3) is 0.250. The second-order valence-corrected chi connectivity index (χ2v) is 7.31. The number of pyridine rings is 1. The van der Waals surface area contributed by atoms with E-state index in [1.54, 1.807) is 18.3 Å². The fourth-order valence-electron chi connectivity index (χ4n) is 3.51. The number of H-pyrrole nitrogens is 1. The lowest BCUT2D eigenvalue weighted by Crippen LogP contribution is -2.47. The summed E-state index contributed by atoms with van der Waals surface area (Å²) in [5.41, 5.74) is -0.330. The molecule has 0 saturated carbocycles. The number of aliphatic hydroxyl groups is 1. The number of fused-ring (bicyclic) bond motifs is 1. The zero-order chi connectivity index (χ0) is 19.9. The molecule has 28 heavy (non-hydrogen) atoms. The van der Waals surface area contributed by atoms with E-state index in [1.165, 1.54) is 23.2 Å². The molecule has 144 valence electrons. The number of aromatic amines is 1. The molecule has 8 heteroatoms. The molecular weight excluding hydrogens is 385 g/mol. The van der Waals surface area contributed by atoms with Gasteiger partial charge in [0.2, 0.25) is 5.60 Å². The lowest BCUT2D eigenvalue weighted by Gasteiger charge is -2.21. The summed E-state index contributed by atoms with van der Waals surface area (Å²) in [6.45, 7) is 0.213. The smallest absolute Gasteiger partial charge is 0.266 e. The van der Waals surface area contributed by atoms with Crippen LogP contribution in [0.1, 0.15) is 18.4 Å². The van der Waals surface area contributed by atoms with Gasteiger partial charge in [-0.15, -0.1) is 0 Å². The zero-order valence-electron chi connectivity index (χ0n) is 14.8. The normalized spacial score (nSPS) is 19.5. The SMILES string of the molecule is O=C(CCc1cc(F)cc(Cl)c1)[C@@]1(O)CCN(c2cnc3[nH]ccc3c2)C1=O. The number of aromatic nitrogens is 2. The highest BCUT2D eigenvalue weighted by Gasteiger charge is 2.50. The topological polar surface area (TPSA) is 86.3 Å². The molecule has 0 aliphatic carbocycles. The van der Waals surface area contributed by atoms with Crippen LogP contribution in [0.4, 0.5) is 10.1 Å². The number of amides is 1. The lowest BCUT2D eigenvalue weighted by molar-refractivity contribution is -0.147. The fourth-order valence-corrected chi connectivity index (χ4v) is 3.75. The highest BCUT2D eigenvalue weighted by molar-refractivity contribution is 6.30. The summed E-state index contributed by atoms with van der Waals surface area (Å²) in [6, 6.07) is 7.62. The Balaban J connectivity index is 1.49. The Kier molecular flexibility index (Phi) is 4.64. The molecule has 0 spiro atoms. The van der Waals surface area contributed by atoms with Gasteiger partial charge in [0.25, 0.3) is 5.91 Å². The first-order valence-corrected chi connectivity index (χ1v) is 9.20. The first kappa shape index (κ1) is 18.6. The van der Waals surface area contributed by atoms with Crippen LogP contribution < -0.4 is 4.90 Å². The van der Waals surface area contributed by atoms with Crippen LogP contribution in [0.15, 0.2) is 42.7 Å². The van der Waals surface area contributed by atoms with E-state index in [4.69, 9.17) is 11.6 Å². The van der Waals surface area contributed by atoms with Crippen LogP contribution in [0.25, 0.3) is 11.0 Å². The van der Waals surface area contributed by atoms with E-state index in [-0.39, 0.29) is 30.8 Å². The summed E-state index contributed by atoms with van der Waals surface area (Å²) in [6.07, 6.45) is 3.36. The number of anilines is 1. The standard InChI is InChI=1S/C20H17ClFN3O3/c21-14-7-12(8-15(22)10-14)1-2-17(26)20(28)4-6-25(19(20)27)16-9-13-3-5-23-18(13)24-11-16/h3,5,7-11,28H,1-2,4,6H2,(H,23,24)/t20-/m0/s1. The third-order valence-electron chi connectivity index (χ3n) is 5.02. The molecule has 1 atom stereocenters. The number of Topliss-reactive ketones (excluding diaryl/α,β-unsaturated/α-hetero) is 1. The van der Waals surface area contributed by atoms with Crippen molar-refractivity contribution in [3.8, 4) is 0 Å². The summed E-state index contributed by atoms with van der Waals surface area (Å²) >= 11 is 5.82. The summed E-state index contributed by atoms with van der Waals surface area (Å²) in [4.78, 5) is 34.0. The van der Waals surface area contributed by atoms with Crippen molar-refractivity contribution in [1.29, 1.82) is 0 Å². The third kappa shape index (κ3) is 3.27. The molecular formula is C20H17ClFN3O3. The molecule has 1 aliphatic rings. The largest absolute Gasteiger partial charge is 0.373 e. The maximum Gasteiger partial charge on any atom is 0.266 e. The van der Waals surface area contributed by atoms with Crippen LogP contribution in [-0.4, -0.2) is 38.9 Å². The van der Waals surface area contributed by atoms with Gasteiger partial charge in [-0.05, 0) is 42.3 Å².